The lowest BCUT2D eigenvalue weighted by molar-refractivity contribution is -0.116. The van der Waals surface area contributed by atoms with E-state index in [-0.39, 0.29) is 5.91 Å². The summed E-state index contributed by atoms with van der Waals surface area (Å²) in [5, 5.41) is 2.84. The fourth-order valence-corrected chi connectivity index (χ4v) is 2.95. The van der Waals surface area contributed by atoms with E-state index in [2.05, 4.69) is 10.3 Å². The standard InChI is InChI=1S/C25H33N3O5/c1-25(2,3)33-24(30)28(18-19-8-6-13-26-17-19)15-7-14-27-23(29)12-9-20-16-21(31-4)10-11-22(20)32-5/h6,8-13,16-17H,7,14-15,18H2,1-5H3,(H,27,29). The molecule has 1 heterocycles. The highest BCUT2D eigenvalue weighted by Gasteiger charge is 2.22. The Balaban J connectivity index is 1.90. The van der Waals surface area contributed by atoms with Crippen molar-refractivity contribution in [2.24, 2.45) is 0 Å². The van der Waals surface area contributed by atoms with Crippen molar-refractivity contribution in [1.82, 2.24) is 15.2 Å². The fourth-order valence-electron chi connectivity index (χ4n) is 2.95. The van der Waals surface area contributed by atoms with Crippen LogP contribution in [0.2, 0.25) is 0 Å². The highest BCUT2D eigenvalue weighted by atomic mass is 16.6. The predicted molar refractivity (Wildman–Crippen MR) is 127 cm³/mol. The van der Waals surface area contributed by atoms with E-state index in [1.54, 1.807) is 55.8 Å². The molecule has 2 amide bonds. The minimum Gasteiger partial charge on any atom is -0.497 e. The van der Waals surface area contributed by atoms with Gasteiger partial charge in [0.25, 0.3) is 0 Å². The average molecular weight is 456 g/mol. The normalized spacial score (nSPS) is 11.2. The van der Waals surface area contributed by atoms with Gasteiger partial charge in [0.05, 0.1) is 20.8 Å². The number of carbonyl (C=O) groups excluding carboxylic acids is 2. The van der Waals surface area contributed by atoms with Gasteiger partial charge in [0.2, 0.25) is 5.91 Å². The second kappa shape index (κ2) is 12.5. The summed E-state index contributed by atoms with van der Waals surface area (Å²) in [4.78, 5) is 30.6. The van der Waals surface area contributed by atoms with Crippen LogP contribution in [0.15, 0.2) is 48.8 Å². The van der Waals surface area contributed by atoms with Gasteiger partial charge in [0, 0.05) is 37.1 Å². The molecule has 0 aliphatic carbocycles. The molecular weight excluding hydrogens is 422 g/mol. The number of ether oxygens (including phenoxy) is 3. The highest BCUT2D eigenvalue weighted by Crippen LogP contribution is 2.25. The van der Waals surface area contributed by atoms with Crippen LogP contribution < -0.4 is 14.8 Å². The number of benzene rings is 1. The third-order valence-electron chi connectivity index (χ3n) is 4.50. The zero-order valence-corrected chi connectivity index (χ0v) is 20.0. The first-order chi connectivity index (χ1) is 15.7. The molecular formula is C25H33N3O5. The molecule has 0 aliphatic heterocycles. The van der Waals surface area contributed by atoms with E-state index in [0.29, 0.717) is 37.6 Å². The first-order valence-corrected chi connectivity index (χ1v) is 10.8. The Kier molecular flexibility index (Phi) is 9.72. The SMILES string of the molecule is COc1ccc(OC)c(C=CC(=O)NCCCN(Cc2cccnc2)C(=O)OC(C)(C)C)c1. The molecule has 0 unspecified atom stereocenters. The van der Waals surface area contributed by atoms with Gasteiger partial charge >= 0.3 is 6.09 Å². The molecule has 33 heavy (non-hydrogen) atoms. The molecule has 0 spiro atoms. The van der Waals surface area contributed by atoms with E-state index in [1.807, 2.05) is 32.9 Å². The Labute approximate surface area is 195 Å². The minimum absolute atomic E-state index is 0.240. The number of pyridine rings is 1. The Morgan fingerprint density at radius 1 is 1.15 bits per heavy atom. The van der Waals surface area contributed by atoms with E-state index in [9.17, 15) is 9.59 Å². The molecule has 1 aromatic heterocycles. The first kappa shape index (κ1) is 25.7. The molecule has 2 aromatic rings. The third kappa shape index (κ3) is 9.22. The Morgan fingerprint density at radius 2 is 1.94 bits per heavy atom. The smallest absolute Gasteiger partial charge is 0.410 e. The molecule has 178 valence electrons. The number of amides is 2. The maximum Gasteiger partial charge on any atom is 0.410 e. The van der Waals surface area contributed by atoms with Crippen molar-refractivity contribution < 1.29 is 23.8 Å². The maximum atomic E-state index is 12.6. The lowest BCUT2D eigenvalue weighted by Gasteiger charge is -2.27. The van der Waals surface area contributed by atoms with Crippen LogP contribution in [-0.4, -0.2) is 54.8 Å². The van der Waals surface area contributed by atoms with Gasteiger partial charge in [-0.15, -0.1) is 0 Å². The number of nitrogens with zero attached hydrogens (tertiary/aromatic N) is 2. The molecule has 0 aliphatic rings. The number of methoxy groups -OCH3 is 2. The van der Waals surface area contributed by atoms with Crippen molar-refractivity contribution in [1.29, 1.82) is 0 Å². The maximum absolute atomic E-state index is 12.6. The van der Waals surface area contributed by atoms with Gasteiger partial charge < -0.3 is 24.4 Å². The lowest BCUT2D eigenvalue weighted by Crippen LogP contribution is -2.38. The summed E-state index contributed by atoms with van der Waals surface area (Å²) in [5.41, 5.74) is 1.05. The molecule has 0 fully saturated rings. The van der Waals surface area contributed by atoms with Gasteiger partial charge in [-0.3, -0.25) is 9.78 Å². The van der Waals surface area contributed by atoms with Gasteiger partial charge in [-0.25, -0.2) is 4.79 Å². The summed E-state index contributed by atoms with van der Waals surface area (Å²) in [5.74, 6) is 1.07. The van der Waals surface area contributed by atoms with Crippen molar-refractivity contribution >= 4 is 18.1 Å². The number of nitrogens with one attached hydrogen (secondary N) is 1. The summed E-state index contributed by atoms with van der Waals surface area (Å²) in [6, 6.07) is 9.10. The second-order valence-electron chi connectivity index (χ2n) is 8.35. The third-order valence-corrected chi connectivity index (χ3v) is 4.50. The van der Waals surface area contributed by atoms with Crippen molar-refractivity contribution in [2.75, 3.05) is 27.3 Å². The Bertz CT molecular complexity index is 939. The summed E-state index contributed by atoms with van der Waals surface area (Å²) < 4.78 is 16.1. The van der Waals surface area contributed by atoms with Crippen molar-refractivity contribution in [3.05, 3.63) is 59.9 Å². The molecule has 2 rings (SSSR count). The van der Waals surface area contributed by atoms with E-state index in [1.165, 1.54) is 6.08 Å². The Hall–Kier alpha value is -3.55. The van der Waals surface area contributed by atoms with Crippen LogP contribution in [0.1, 0.15) is 38.3 Å². The molecule has 0 saturated heterocycles. The zero-order valence-electron chi connectivity index (χ0n) is 20.0. The van der Waals surface area contributed by atoms with Crippen molar-refractivity contribution in [3.63, 3.8) is 0 Å². The van der Waals surface area contributed by atoms with E-state index in [0.717, 1.165) is 11.1 Å². The summed E-state index contributed by atoms with van der Waals surface area (Å²) in [7, 11) is 3.15. The van der Waals surface area contributed by atoms with E-state index >= 15 is 0 Å². The van der Waals surface area contributed by atoms with Crippen LogP contribution >= 0.6 is 0 Å². The van der Waals surface area contributed by atoms with Crippen LogP contribution in [0.4, 0.5) is 4.79 Å². The van der Waals surface area contributed by atoms with E-state index < -0.39 is 11.7 Å². The summed E-state index contributed by atoms with van der Waals surface area (Å²) >= 11 is 0. The number of rotatable bonds is 10. The molecule has 0 saturated carbocycles. The average Bonchev–Trinajstić information content (AvgIpc) is 2.78. The predicted octanol–water partition coefficient (Wildman–Crippen LogP) is 4.06. The van der Waals surface area contributed by atoms with Gasteiger partial charge in [0.15, 0.2) is 0 Å². The molecule has 0 bridgehead atoms. The van der Waals surface area contributed by atoms with Crippen LogP contribution in [0.25, 0.3) is 6.08 Å². The Morgan fingerprint density at radius 3 is 2.58 bits per heavy atom. The zero-order chi connectivity index (χ0) is 24.3. The number of hydrogen-bond donors (Lipinski definition) is 1. The topological polar surface area (TPSA) is 90.0 Å². The number of aromatic nitrogens is 1. The molecule has 1 aromatic carbocycles. The van der Waals surface area contributed by atoms with E-state index in [4.69, 9.17) is 14.2 Å². The summed E-state index contributed by atoms with van der Waals surface area (Å²) in [6.45, 7) is 6.71. The van der Waals surface area contributed by atoms with Gasteiger partial charge in [0.1, 0.15) is 17.1 Å². The number of carbonyl (C=O) groups is 2. The molecule has 0 radical (unpaired) electrons. The molecule has 8 nitrogen and oxygen atoms in total. The highest BCUT2D eigenvalue weighted by molar-refractivity contribution is 5.92. The van der Waals surface area contributed by atoms with Gasteiger partial charge in [-0.1, -0.05) is 6.07 Å². The van der Waals surface area contributed by atoms with Gasteiger partial charge in [-0.2, -0.15) is 0 Å². The lowest BCUT2D eigenvalue weighted by atomic mass is 10.1. The molecule has 1 N–H and O–H groups in total. The first-order valence-electron chi connectivity index (χ1n) is 10.8. The van der Waals surface area contributed by atoms with Crippen LogP contribution in [0.3, 0.4) is 0 Å². The molecule has 0 atom stereocenters. The fraction of sp³-hybridized carbons (Fsp3) is 0.400. The largest absolute Gasteiger partial charge is 0.497 e. The van der Waals surface area contributed by atoms with Crippen LogP contribution in [0.5, 0.6) is 11.5 Å². The van der Waals surface area contributed by atoms with Crippen molar-refractivity contribution in [2.45, 2.75) is 39.3 Å². The van der Waals surface area contributed by atoms with Crippen molar-refractivity contribution in [3.8, 4) is 11.5 Å². The quantitative estimate of drug-likeness (QED) is 0.429. The monoisotopic (exact) mass is 455 g/mol. The van der Waals surface area contributed by atoms with Gasteiger partial charge in [-0.05, 0) is 63.1 Å². The second-order valence-corrected chi connectivity index (χ2v) is 8.35. The van der Waals surface area contributed by atoms with Crippen LogP contribution in [-0.2, 0) is 16.1 Å². The number of hydrogen-bond acceptors (Lipinski definition) is 6. The summed E-state index contributed by atoms with van der Waals surface area (Å²) in [6.07, 6.45) is 6.69. The molecule has 8 heteroatoms. The minimum atomic E-state index is -0.593. The van der Waals surface area contributed by atoms with Crippen LogP contribution in [0, 0.1) is 0 Å².